The first-order chi connectivity index (χ1) is 11.9. The maximum Gasteiger partial charge on any atom is 0.161 e. The molecule has 0 saturated carbocycles. The number of carbonyl (C=O) groups is 1. The molecule has 1 aliphatic heterocycles. The monoisotopic (exact) mass is 372 g/mol. The van der Waals surface area contributed by atoms with Gasteiger partial charge < -0.3 is 18.9 Å². The highest BCUT2D eigenvalue weighted by Crippen LogP contribution is 2.28. The highest BCUT2D eigenvalue weighted by Gasteiger charge is 2.07. The molecular weight excluding hydrogens is 348 g/mol. The molecule has 24 heavy (non-hydrogen) atoms. The van der Waals surface area contributed by atoms with Gasteiger partial charge in [-0.25, -0.2) is 0 Å². The second-order valence-electron chi connectivity index (χ2n) is 4.97. The van der Waals surface area contributed by atoms with Gasteiger partial charge in [0.25, 0.3) is 0 Å². The average molecular weight is 373 g/mol. The first-order valence-corrected chi connectivity index (χ1v) is 10.4. The van der Waals surface area contributed by atoms with Crippen molar-refractivity contribution in [3.63, 3.8) is 0 Å². The number of rotatable bonds is 1. The molecule has 1 aromatic rings. The van der Waals surface area contributed by atoms with E-state index in [4.69, 9.17) is 18.9 Å². The molecule has 0 aliphatic carbocycles. The van der Waals surface area contributed by atoms with Crippen LogP contribution in [0.2, 0.25) is 0 Å². The third kappa shape index (κ3) is 7.79. The molecule has 2 rings (SSSR count). The molecular formula is C17H24O5S2. The molecule has 5 nitrogen and oxygen atoms in total. The quantitative estimate of drug-likeness (QED) is 0.703. The van der Waals surface area contributed by atoms with Crippen molar-refractivity contribution in [3.8, 4) is 11.5 Å². The Bertz CT molecular complexity index is 484. The topological polar surface area (TPSA) is 54.0 Å². The Labute approximate surface area is 151 Å². The van der Waals surface area contributed by atoms with Gasteiger partial charge in [0.05, 0.1) is 39.6 Å². The summed E-state index contributed by atoms with van der Waals surface area (Å²) in [5.41, 5.74) is 0.590. The van der Waals surface area contributed by atoms with Crippen LogP contribution in [0.3, 0.4) is 0 Å². The van der Waals surface area contributed by atoms with Crippen molar-refractivity contribution in [2.45, 2.75) is 0 Å². The predicted octanol–water partition coefficient (Wildman–Crippen LogP) is 2.77. The Kier molecular flexibility index (Phi) is 10.1. The number of fused-ring (bicyclic) bond motifs is 1. The zero-order valence-corrected chi connectivity index (χ0v) is 15.4. The lowest BCUT2D eigenvalue weighted by molar-refractivity contribution is 0.0605. The minimum Gasteiger partial charge on any atom is -0.489 e. The summed E-state index contributed by atoms with van der Waals surface area (Å²) < 4.78 is 22.6. The molecule has 1 aromatic carbocycles. The largest absolute Gasteiger partial charge is 0.489 e. The molecule has 0 spiro atoms. The van der Waals surface area contributed by atoms with E-state index in [2.05, 4.69) is 0 Å². The van der Waals surface area contributed by atoms with E-state index in [1.807, 2.05) is 0 Å². The maximum atomic E-state index is 11.0. The van der Waals surface area contributed by atoms with E-state index in [1.165, 1.54) is 0 Å². The summed E-state index contributed by atoms with van der Waals surface area (Å²) in [5, 5.41) is 0. The standard InChI is InChI=1S/C17H24O5S2/c18-14-15-1-2-16-17(13-15)22-8-12-24-10-6-20-4-3-19-5-9-23-11-7-21-16/h1-2,13-14H,3-12H2. The lowest BCUT2D eigenvalue weighted by Crippen LogP contribution is -2.10. The number of benzene rings is 1. The summed E-state index contributed by atoms with van der Waals surface area (Å²) in [6, 6.07) is 5.27. The van der Waals surface area contributed by atoms with Gasteiger partial charge in [-0.15, -0.1) is 0 Å². The van der Waals surface area contributed by atoms with Crippen LogP contribution in [0.15, 0.2) is 18.2 Å². The molecule has 1 aliphatic rings. The van der Waals surface area contributed by atoms with Crippen molar-refractivity contribution in [2.75, 3.05) is 62.7 Å². The molecule has 0 atom stereocenters. The van der Waals surface area contributed by atoms with Gasteiger partial charge in [-0.05, 0) is 18.2 Å². The smallest absolute Gasteiger partial charge is 0.161 e. The Morgan fingerprint density at radius 1 is 0.750 bits per heavy atom. The Morgan fingerprint density at radius 3 is 1.96 bits per heavy atom. The van der Waals surface area contributed by atoms with Crippen molar-refractivity contribution >= 4 is 29.8 Å². The van der Waals surface area contributed by atoms with E-state index in [1.54, 1.807) is 41.7 Å². The maximum absolute atomic E-state index is 11.0. The van der Waals surface area contributed by atoms with Gasteiger partial charge in [-0.2, -0.15) is 23.5 Å². The van der Waals surface area contributed by atoms with Gasteiger partial charge >= 0.3 is 0 Å². The Balaban J connectivity index is 1.89. The lowest BCUT2D eigenvalue weighted by Gasteiger charge is -2.14. The van der Waals surface area contributed by atoms with Crippen molar-refractivity contribution in [1.82, 2.24) is 0 Å². The van der Waals surface area contributed by atoms with E-state index in [0.717, 1.165) is 42.5 Å². The summed E-state index contributed by atoms with van der Waals surface area (Å²) in [4.78, 5) is 11.0. The molecule has 1 heterocycles. The van der Waals surface area contributed by atoms with Crippen LogP contribution in [-0.4, -0.2) is 68.9 Å². The summed E-state index contributed by atoms with van der Waals surface area (Å²) in [6.07, 6.45) is 0.817. The van der Waals surface area contributed by atoms with E-state index >= 15 is 0 Å². The summed E-state index contributed by atoms with van der Waals surface area (Å²) in [6.45, 7) is 3.91. The second-order valence-corrected chi connectivity index (χ2v) is 7.42. The highest BCUT2D eigenvalue weighted by atomic mass is 32.2. The van der Waals surface area contributed by atoms with Gasteiger partial charge in [-0.3, -0.25) is 4.79 Å². The van der Waals surface area contributed by atoms with E-state index in [-0.39, 0.29) is 0 Å². The molecule has 0 amide bonds. The van der Waals surface area contributed by atoms with Gasteiger partial charge in [0.15, 0.2) is 11.5 Å². The minimum atomic E-state index is 0.571. The first-order valence-electron chi connectivity index (χ1n) is 8.06. The SMILES string of the molecule is O=Cc1ccc2c(c1)OCCSCCOCCOCCSCCO2. The van der Waals surface area contributed by atoms with Crippen LogP contribution in [0.5, 0.6) is 11.5 Å². The zero-order chi connectivity index (χ0) is 16.9. The first kappa shape index (κ1) is 19.4. The van der Waals surface area contributed by atoms with Crippen molar-refractivity contribution in [1.29, 1.82) is 0 Å². The van der Waals surface area contributed by atoms with Crippen molar-refractivity contribution in [3.05, 3.63) is 23.8 Å². The number of carbonyl (C=O) groups excluding carboxylic acids is 1. The van der Waals surface area contributed by atoms with Gasteiger partial charge in [0, 0.05) is 28.6 Å². The van der Waals surface area contributed by atoms with Crippen molar-refractivity contribution in [2.24, 2.45) is 0 Å². The number of hydrogen-bond donors (Lipinski definition) is 0. The van der Waals surface area contributed by atoms with Crippen LogP contribution in [0.25, 0.3) is 0 Å². The average Bonchev–Trinajstić information content (AvgIpc) is 2.61. The third-order valence-electron chi connectivity index (χ3n) is 3.19. The molecule has 7 heteroatoms. The predicted molar refractivity (Wildman–Crippen MR) is 99.1 cm³/mol. The lowest BCUT2D eigenvalue weighted by atomic mass is 10.2. The number of thioether (sulfide) groups is 2. The highest BCUT2D eigenvalue weighted by molar-refractivity contribution is 7.99. The molecule has 0 unspecified atom stereocenters. The summed E-state index contributed by atoms with van der Waals surface area (Å²) in [5.74, 6) is 4.92. The van der Waals surface area contributed by atoms with Crippen LogP contribution in [0.1, 0.15) is 10.4 Å². The minimum absolute atomic E-state index is 0.571. The Morgan fingerprint density at radius 2 is 1.33 bits per heavy atom. The fourth-order valence-corrected chi connectivity index (χ4v) is 3.29. The normalized spacial score (nSPS) is 19.0. The van der Waals surface area contributed by atoms with Gasteiger partial charge in [0.2, 0.25) is 0 Å². The van der Waals surface area contributed by atoms with E-state index < -0.39 is 0 Å². The number of aldehydes is 1. The van der Waals surface area contributed by atoms with Crippen molar-refractivity contribution < 1.29 is 23.7 Å². The molecule has 0 bridgehead atoms. The Hall–Kier alpha value is -0.890. The summed E-state index contributed by atoms with van der Waals surface area (Å²) in [7, 11) is 0. The van der Waals surface area contributed by atoms with Crippen LogP contribution in [-0.2, 0) is 9.47 Å². The summed E-state index contributed by atoms with van der Waals surface area (Å²) >= 11 is 3.56. The van der Waals surface area contributed by atoms with E-state index in [9.17, 15) is 4.79 Å². The zero-order valence-electron chi connectivity index (χ0n) is 13.7. The number of hydrogen-bond acceptors (Lipinski definition) is 7. The molecule has 0 radical (unpaired) electrons. The van der Waals surface area contributed by atoms with Crippen LogP contribution in [0, 0.1) is 0 Å². The van der Waals surface area contributed by atoms with Crippen LogP contribution >= 0.6 is 23.5 Å². The van der Waals surface area contributed by atoms with Gasteiger partial charge in [0.1, 0.15) is 6.29 Å². The second kappa shape index (κ2) is 12.5. The fourth-order valence-electron chi connectivity index (χ4n) is 2.01. The van der Waals surface area contributed by atoms with Crippen LogP contribution in [0.4, 0.5) is 0 Å². The molecule has 0 saturated heterocycles. The molecule has 0 fully saturated rings. The molecule has 0 aromatic heterocycles. The molecule has 134 valence electrons. The van der Waals surface area contributed by atoms with Crippen LogP contribution < -0.4 is 9.47 Å². The number of ether oxygens (including phenoxy) is 4. The molecule has 0 N–H and O–H groups in total. The van der Waals surface area contributed by atoms with Gasteiger partial charge in [-0.1, -0.05) is 0 Å². The van der Waals surface area contributed by atoms with E-state index in [0.29, 0.717) is 43.5 Å². The fraction of sp³-hybridized carbons (Fsp3) is 0.588. The third-order valence-corrected chi connectivity index (χ3v) is 5.01.